The first-order valence-electron chi connectivity index (χ1n) is 7.55. The third-order valence-corrected chi connectivity index (χ3v) is 5.29. The molecule has 2 heterocycles. The molecule has 2 aromatic heterocycles. The molecule has 0 aromatic carbocycles. The summed E-state index contributed by atoms with van der Waals surface area (Å²) >= 11 is 1.74. The van der Waals surface area contributed by atoms with E-state index in [0.717, 1.165) is 30.0 Å². The lowest BCUT2D eigenvalue weighted by molar-refractivity contribution is 0.0949. The molecule has 0 spiro atoms. The van der Waals surface area contributed by atoms with Crippen LogP contribution < -0.4 is 5.32 Å². The number of pyridine rings is 1. The number of carbonyl (C=O) groups excluding carboxylic acids is 1. The van der Waals surface area contributed by atoms with Crippen LogP contribution in [0.1, 0.15) is 46.3 Å². The van der Waals surface area contributed by atoms with E-state index in [1.54, 1.807) is 17.5 Å². The zero-order valence-electron chi connectivity index (χ0n) is 12.3. The smallest absolute Gasteiger partial charge is 0.252 e. The second-order valence-corrected chi connectivity index (χ2v) is 6.54. The topological polar surface area (TPSA) is 42.0 Å². The Morgan fingerprint density at radius 2 is 2.38 bits per heavy atom. The van der Waals surface area contributed by atoms with Crippen molar-refractivity contribution in [3.8, 4) is 0 Å². The zero-order valence-corrected chi connectivity index (χ0v) is 13.1. The van der Waals surface area contributed by atoms with E-state index in [0.29, 0.717) is 6.54 Å². The number of amides is 1. The van der Waals surface area contributed by atoms with Gasteiger partial charge in [0.1, 0.15) is 0 Å². The number of aromatic nitrogens is 1. The van der Waals surface area contributed by atoms with E-state index in [4.69, 9.17) is 0 Å². The third-order valence-electron chi connectivity index (χ3n) is 4.24. The number of hydrogen-bond donors (Lipinski definition) is 1. The predicted molar refractivity (Wildman–Crippen MR) is 85.5 cm³/mol. The second-order valence-electron chi connectivity index (χ2n) is 5.57. The van der Waals surface area contributed by atoms with Crippen molar-refractivity contribution in [3.63, 3.8) is 0 Å². The molecule has 1 N–H and O–H groups in total. The Balaban J connectivity index is 1.67. The normalized spacial score (nSPS) is 17.3. The summed E-state index contributed by atoms with van der Waals surface area (Å²) in [4.78, 5) is 18.0. The lowest BCUT2D eigenvalue weighted by Gasteiger charge is -2.21. The van der Waals surface area contributed by atoms with Gasteiger partial charge < -0.3 is 5.32 Å². The van der Waals surface area contributed by atoms with E-state index < -0.39 is 0 Å². The minimum absolute atomic E-state index is 0.0353. The summed E-state index contributed by atoms with van der Waals surface area (Å²) in [5.74, 6) is 0.827. The fraction of sp³-hybridized carbons (Fsp3) is 0.412. The van der Waals surface area contributed by atoms with Gasteiger partial charge in [0.05, 0.1) is 17.8 Å². The summed E-state index contributed by atoms with van der Waals surface area (Å²) in [6, 6.07) is 5.74. The molecular weight excluding hydrogens is 280 g/mol. The lowest BCUT2D eigenvalue weighted by Crippen LogP contribution is -2.24. The SMILES string of the molecule is CCC1CCc2c(C(=O)NCc3ccccn3)csc2C1. The summed E-state index contributed by atoms with van der Waals surface area (Å²) in [5, 5.41) is 5.01. The van der Waals surface area contributed by atoms with Crippen molar-refractivity contribution in [1.29, 1.82) is 0 Å². The molecule has 1 aliphatic rings. The standard InChI is InChI=1S/C17H20N2OS/c1-2-12-6-7-14-15(11-21-16(14)9-12)17(20)19-10-13-5-3-4-8-18-13/h3-5,8,11-12H,2,6-7,9-10H2,1H3,(H,19,20). The fourth-order valence-corrected chi connectivity index (χ4v) is 4.08. The minimum Gasteiger partial charge on any atom is -0.346 e. The number of thiophene rings is 1. The minimum atomic E-state index is 0.0353. The maximum Gasteiger partial charge on any atom is 0.252 e. The van der Waals surface area contributed by atoms with Gasteiger partial charge in [-0.1, -0.05) is 19.4 Å². The maximum atomic E-state index is 12.4. The summed E-state index contributed by atoms with van der Waals surface area (Å²) in [6.45, 7) is 2.74. The maximum absolute atomic E-state index is 12.4. The Labute approximate surface area is 129 Å². The molecule has 0 saturated heterocycles. The predicted octanol–water partition coefficient (Wildman–Crippen LogP) is 3.59. The molecule has 0 saturated carbocycles. The van der Waals surface area contributed by atoms with Crippen LogP contribution in [0.4, 0.5) is 0 Å². The Bertz CT molecular complexity index is 621. The summed E-state index contributed by atoms with van der Waals surface area (Å²) in [5.41, 5.74) is 3.05. The molecular formula is C17H20N2OS. The largest absolute Gasteiger partial charge is 0.346 e. The molecule has 1 unspecified atom stereocenters. The van der Waals surface area contributed by atoms with Gasteiger partial charge in [0.15, 0.2) is 0 Å². The number of nitrogens with zero attached hydrogens (tertiary/aromatic N) is 1. The molecule has 1 atom stereocenters. The van der Waals surface area contributed by atoms with Crippen LogP contribution in [0.2, 0.25) is 0 Å². The van der Waals surface area contributed by atoms with Crippen LogP contribution in [0.5, 0.6) is 0 Å². The zero-order chi connectivity index (χ0) is 14.7. The van der Waals surface area contributed by atoms with Crippen LogP contribution in [0.25, 0.3) is 0 Å². The van der Waals surface area contributed by atoms with Crippen molar-refractivity contribution in [2.24, 2.45) is 5.92 Å². The van der Waals surface area contributed by atoms with Gasteiger partial charge in [0.2, 0.25) is 0 Å². The lowest BCUT2D eigenvalue weighted by atomic mass is 9.86. The van der Waals surface area contributed by atoms with E-state index in [2.05, 4.69) is 17.2 Å². The van der Waals surface area contributed by atoms with Crippen molar-refractivity contribution in [1.82, 2.24) is 10.3 Å². The molecule has 0 bridgehead atoms. The molecule has 0 aliphatic heterocycles. The summed E-state index contributed by atoms with van der Waals surface area (Å²) < 4.78 is 0. The van der Waals surface area contributed by atoms with Gasteiger partial charge in [0, 0.05) is 16.5 Å². The van der Waals surface area contributed by atoms with Crippen molar-refractivity contribution in [3.05, 3.63) is 51.5 Å². The number of rotatable bonds is 4. The number of hydrogen-bond acceptors (Lipinski definition) is 3. The molecule has 0 radical (unpaired) electrons. The Morgan fingerprint density at radius 3 is 3.14 bits per heavy atom. The first-order valence-corrected chi connectivity index (χ1v) is 8.43. The van der Waals surface area contributed by atoms with Crippen molar-refractivity contribution in [2.75, 3.05) is 0 Å². The molecule has 0 fully saturated rings. The molecule has 1 amide bonds. The highest BCUT2D eigenvalue weighted by atomic mass is 32.1. The van der Waals surface area contributed by atoms with Crippen molar-refractivity contribution in [2.45, 2.75) is 39.2 Å². The van der Waals surface area contributed by atoms with Gasteiger partial charge in [-0.25, -0.2) is 0 Å². The second kappa shape index (κ2) is 6.39. The van der Waals surface area contributed by atoms with Gasteiger partial charge in [-0.05, 0) is 42.9 Å². The van der Waals surface area contributed by atoms with Gasteiger partial charge in [-0.15, -0.1) is 11.3 Å². The van der Waals surface area contributed by atoms with E-state index in [9.17, 15) is 4.79 Å². The average Bonchev–Trinajstić information content (AvgIpc) is 2.96. The average molecular weight is 300 g/mol. The Kier molecular flexibility index (Phi) is 4.34. The molecule has 2 aromatic rings. The van der Waals surface area contributed by atoms with Crippen LogP contribution >= 0.6 is 11.3 Å². The quantitative estimate of drug-likeness (QED) is 0.937. The Hall–Kier alpha value is -1.68. The monoisotopic (exact) mass is 300 g/mol. The van der Waals surface area contributed by atoms with Gasteiger partial charge in [-0.3, -0.25) is 9.78 Å². The first-order chi connectivity index (χ1) is 10.3. The van der Waals surface area contributed by atoms with Crippen LogP contribution in [0.3, 0.4) is 0 Å². The van der Waals surface area contributed by atoms with E-state index in [1.165, 1.54) is 23.3 Å². The van der Waals surface area contributed by atoms with Gasteiger partial charge in [-0.2, -0.15) is 0 Å². The fourth-order valence-electron chi connectivity index (χ4n) is 2.89. The van der Waals surface area contributed by atoms with Crippen LogP contribution in [0.15, 0.2) is 29.8 Å². The first kappa shape index (κ1) is 14.3. The highest BCUT2D eigenvalue weighted by Gasteiger charge is 2.24. The highest BCUT2D eigenvalue weighted by molar-refractivity contribution is 7.10. The summed E-state index contributed by atoms with van der Waals surface area (Å²) in [6.07, 6.45) is 6.38. The third kappa shape index (κ3) is 3.16. The van der Waals surface area contributed by atoms with Crippen LogP contribution in [-0.4, -0.2) is 10.9 Å². The van der Waals surface area contributed by atoms with Gasteiger partial charge in [0.25, 0.3) is 5.91 Å². The molecule has 3 nitrogen and oxygen atoms in total. The Morgan fingerprint density at radius 1 is 1.48 bits per heavy atom. The van der Waals surface area contributed by atoms with Crippen LogP contribution in [0, 0.1) is 5.92 Å². The van der Waals surface area contributed by atoms with Crippen LogP contribution in [-0.2, 0) is 19.4 Å². The highest BCUT2D eigenvalue weighted by Crippen LogP contribution is 2.34. The molecule has 21 heavy (non-hydrogen) atoms. The van der Waals surface area contributed by atoms with E-state index in [-0.39, 0.29) is 5.91 Å². The number of nitrogens with one attached hydrogen (secondary N) is 1. The van der Waals surface area contributed by atoms with Gasteiger partial charge >= 0.3 is 0 Å². The number of fused-ring (bicyclic) bond motifs is 1. The molecule has 3 rings (SSSR count). The van der Waals surface area contributed by atoms with Crippen molar-refractivity contribution >= 4 is 17.2 Å². The molecule has 110 valence electrons. The van der Waals surface area contributed by atoms with E-state index in [1.807, 2.05) is 23.6 Å². The number of carbonyl (C=O) groups is 1. The molecule has 4 heteroatoms. The summed E-state index contributed by atoms with van der Waals surface area (Å²) in [7, 11) is 0. The van der Waals surface area contributed by atoms with E-state index >= 15 is 0 Å². The molecule has 1 aliphatic carbocycles. The van der Waals surface area contributed by atoms with Crippen molar-refractivity contribution < 1.29 is 4.79 Å².